The summed E-state index contributed by atoms with van der Waals surface area (Å²) in [6, 6.07) is 14.1. The number of hydrogen-bond donors (Lipinski definition) is 2. The Kier molecular flexibility index (Phi) is 2.85. The zero-order valence-corrected chi connectivity index (χ0v) is 12.2. The Morgan fingerprint density at radius 2 is 2.14 bits per heavy atom. The highest BCUT2D eigenvalue weighted by Crippen LogP contribution is 2.32. The first-order valence-corrected chi connectivity index (χ1v) is 7.29. The second-order valence-electron chi connectivity index (χ2n) is 5.59. The molecule has 1 fully saturated rings. The lowest BCUT2D eigenvalue weighted by molar-refractivity contribution is 0.251. The summed E-state index contributed by atoms with van der Waals surface area (Å²) in [6.45, 7) is 2.68. The van der Waals surface area contributed by atoms with E-state index in [4.69, 9.17) is 0 Å². The predicted molar refractivity (Wildman–Crippen MR) is 85.9 cm³/mol. The van der Waals surface area contributed by atoms with Crippen LogP contribution in [-0.2, 0) is 0 Å². The van der Waals surface area contributed by atoms with Gasteiger partial charge in [-0.3, -0.25) is 4.90 Å². The van der Waals surface area contributed by atoms with Crippen molar-refractivity contribution in [2.45, 2.75) is 13.0 Å². The fraction of sp³-hybridized carbons (Fsp3) is 0.176. The minimum atomic E-state index is -0.0682. The van der Waals surface area contributed by atoms with Crippen LogP contribution in [0, 0.1) is 6.92 Å². The average molecular weight is 292 g/mol. The SMILES string of the molecule is Cc1cccc(C2CNC(=O)N2c2ccc3[nH]cnc3c2)c1. The first kappa shape index (κ1) is 12.9. The molecule has 4 rings (SSSR count). The minimum absolute atomic E-state index is 0.00351. The lowest BCUT2D eigenvalue weighted by atomic mass is 10.0. The highest BCUT2D eigenvalue weighted by Gasteiger charge is 2.33. The Bertz CT molecular complexity index is 854. The van der Waals surface area contributed by atoms with Crippen LogP contribution >= 0.6 is 0 Å². The normalized spacial score (nSPS) is 18.0. The number of carbonyl (C=O) groups is 1. The summed E-state index contributed by atoms with van der Waals surface area (Å²) in [5.74, 6) is 0. The van der Waals surface area contributed by atoms with Crippen LogP contribution in [-0.4, -0.2) is 22.5 Å². The molecular weight excluding hydrogens is 276 g/mol. The molecule has 1 unspecified atom stereocenters. The molecule has 1 atom stereocenters. The van der Waals surface area contributed by atoms with Crippen molar-refractivity contribution < 1.29 is 4.79 Å². The molecule has 5 nitrogen and oxygen atoms in total. The van der Waals surface area contributed by atoms with Crippen LogP contribution < -0.4 is 10.2 Å². The van der Waals surface area contributed by atoms with Crippen LogP contribution in [0.4, 0.5) is 10.5 Å². The minimum Gasteiger partial charge on any atom is -0.345 e. The molecule has 2 aromatic carbocycles. The number of hydrogen-bond acceptors (Lipinski definition) is 2. The second-order valence-corrected chi connectivity index (χ2v) is 5.59. The van der Waals surface area contributed by atoms with Crippen molar-refractivity contribution >= 4 is 22.8 Å². The molecule has 110 valence electrons. The number of anilines is 1. The number of benzene rings is 2. The summed E-state index contributed by atoms with van der Waals surface area (Å²) in [7, 11) is 0. The predicted octanol–water partition coefficient (Wildman–Crippen LogP) is 3.14. The first-order valence-electron chi connectivity index (χ1n) is 7.29. The van der Waals surface area contributed by atoms with Gasteiger partial charge in [-0.05, 0) is 30.7 Å². The van der Waals surface area contributed by atoms with Gasteiger partial charge in [-0.25, -0.2) is 9.78 Å². The molecule has 0 radical (unpaired) electrons. The van der Waals surface area contributed by atoms with Gasteiger partial charge in [0.1, 0.15) is 0 Å². The largest absolute Gasteiger partial charge is 0.345 e. The van der Waals surface area contributed by atoms with E-state index in [2.05, 4.69) is 40.4 Å². The van der Waals surface area contributed by atoms with E-state index in [1.807, 2.05) is 29.2 Å². The van der Waals surface area contributed by atoms with E-state index in [1.54, 1.807) is 6.33 Å². The van der Waals surface area contributed by atoms with Crippen LogP contribution in [0.25, 0.3) is 11.0 Å². The zero-order valence-electron chi connectivity index (χ0n) is 12.2. The molecule has 0 bridgehead atoms. The second kappa shape index (κ2) is 4.87. The Morgan fingerprint density at radius 3 is 3.00 bits per heavy atom. The van der Waals surface area contributed by atoms with Crippen LogP contribution in [0.5, 0.6) is 0 Å². The fourth-order valence-electron chi connectivity index (χ4n) is 3.01. The van der Waals surface area contributed by atoms with Crippen LogP contribution in [0.2, 0.25) is 0 Å². The Morgan fingerprint density at radius 1 is 1.23 bits per heavy atom. The fourth-order valence-corrected chi connectivity index (χ4v) is 3.01. The molecule has 1 aliphatic heterocycles. The van der Waals surface area contributed by atoms with Crippen LogP contribution in [0.15, 0.2) is 48.8 Å². The number of rotatable bonds is 2. The summed E-state index contributed by atoms with van der Waals surface area (Å²) in [4.78, 5) is 21.5. The molecule has 5 heteroatoms. The average Bonchev–Trinajstić information content (AvgIpc) is 3.12. The molecule has 1 saturated heterocycles. The van der Waals surface area contributed by atoms with Crippen LogP contribution in [0.3, 0.4) is 0 Å². The highest BCUT2D eigenvalue weighted by molar-refractivity contribution is 5.97. The van der Waals surface area contributed by atoms with Gasteiger partial charge in [-0.15, -0.1) is 0 Å². The van der Waals surface area contributed by atoms with E-state index >= 15 is 0 Å². The quantitative estimate of drug-likeness (QED) is 0.762. The molecular formula is C17H16N4O. The number of urea groups is 1. The lowest BCUT2D eigenvalue weighted by Gasteiger charge is -2.23. The number of carbonyl (C=O) groups excluding carboxylic acids is 1. The number of nitrogens with one attached hydrogen (secondary N) is 2. The summed E-state index contributed by atoms with van der Waals surface area (Å²) in [6.07, 6.45) is 1.66. The van der Waals surface area contributed by atoms with Crippen LogP contribution in [0.1, 0.15) is 17.2 Å². The molecule has 2 N–H and O–H groups in total. The number of aromatic nitrogens is 2. The summed E-state index contributed by atoms with van der Waals surface area (Å²) < 4.78 is 0. The molecule has 0 saturated carbocycles. The van der Waals surface area contributed by atoms with Gasteiger partial charge in [0.25, 0.3) is 0 Å². The maximum Gasteiger partial charge on any atom is 0.322 e. The first-order chi connectivity index (χ1) is 10.7. The summed E-state index contributed by atoms with van der Waals surface area (Å²) in [5, 5.41) is 2.94. The van der Waals surface area contributed by atoms with Gasteiger partial charge < -0.3 is 10.3 Å². The molecule has 3 aromatic rings. The van der Waals surface area contributed by atoms with Gasteiger partial charge in [0.15, 0.2) is 0 Å². The Labute approximate surface area is 128 Å². The number of aryl methyl sites for hydroxylation is 1. The maximum absolute atomic E-state index is 12.3. The van der Waals surface area contributed by atoms with E-state index in [0.717, 1.165) is 22.3 Å². The molecule has 0 aliphatic carbocycles. The van der Waals surface area contributed by atoms with E-state index in [-0.39, 0.29) is 12.1 Å². The number of amides is 2. The van der Waals surface area contributed by atoms with E-state index in [1.165, 1.54) is 5.56 Å². The highest BCUT2D eigenvalue weighted by atomic mass is 16.2. The smallest absolute Gasteiger partial charge is 0.322 e. The van der Waals surface area contributed by atoms with Gasteiger partial charge in [0, 0.05) is 12.2 Å². The zero-order chi connectivity index (χ0) is 15.1. The lowest BCUT2D eigenvalue weighted by Crippen LogP contribution is -2.29. The van der Waals surface area contributed by atoms with Crippen molar-refractivity contribution in [3.8, 4) is 0 Å². The number of fused-ring (bicyclic) bond motifs is 1. The van der Waals surface area contributed by atoms with Crippen molar-refractivity contribution in [1.82, 2.24) is 15.3 Å². The van der Waals surface area contributed by atoms with Gasteiger partial charge >= 0.3 is 6.03 Å². The summed E-state index contributed by atoms with van der Waals surface area (Å²) >= 11 is 0. The third-order valence-corrected chi connectivity index (χ3v) is 4.09. The number of nitrogens with zero attached hydrogens (tertiary/aromatic N) is 2. The molecule has 0 spiro atoms. The van der Waals surface area contributed by atoms with Gasteiger partial charge in [0.05, 0.1) is 23.4 Å². The van der Waals surface area contributed by atoms with Crippen molar-refractivity contribution in [3.63, 3.8) is 0 Å². The van der Waals surface area contributed by atoms with E-state index < -0.39 is 0 Å². The third kappa shape index (κ3) is 2.02. The van der Waals surface area contributed by atoms with Crippen molar-refractivity contribution in [2.24, 2.45) is 0 Å². The monoisotopic (exact) mass is 292 g/mol. The molecule has 2 amide bonds. The Hall–Kier alpha value is -2.82. The van der Waals surface area contributed by atoms with Gasteiger partial charge in [-0.1, -0.05) is 29.8 Å². The summed E-state index contributed by atoms with van der Waals surface area (Å²) in [5.41, 5.74) is 5.02. The standard InChI is InChI=1S/C17H16N4O/c1-11-3-2-4-12(7-11)16-9-18-17(22)21(16)13-5-6-14-15(8-13)20-10-19-14/h2-8,10,16H,9H2,1H3,(H,18,22)(H,19,20). The number of aromatic amines is 1. The number of imidazole rings is 1. The third-order valence-electron chi connectivity index (χ3n) is 4.09. The maximum atomic E-state index is 12.3. The van der Waals surface area contributed by atoms with Gasteiger partial charge in [0.2, 0.25) is 0 Å². The molecule has 1 aliphatic rings. The van der Waals surface area contributed by atoms with Crippen molar-refractivity contribution in [2.75, 3.05) is 11.4 Å². The van der Waals surface area contributed by atoms with Gasteiger partial charge in [-0.2, -0.15) is 0 Å². The molecule has 22 heavy (non-hydrogen) atoms. The number of H-pyrrole nitrogens is 1. The Balaban J connectivity index is 1.78. The van der Waals surface area contributed by atoms with Crippen molar-refractivity contribution in [3.05, 3.63) is 59.9 Å². The molecule has 2 heterocycles. The van der Waals surface area contributed by atoms with E-state index in [9.17, 15) is 4.79 Å². The topological polar surface area (TPSA) is 61.0 Å². The van der Waals surface area contributed by atoms with Crippen molar-refractivity contribution in [1.29, 1.82) is 0 Å². The molecule has 1 aromatic heterocycles. The van der Waals surface area contributed by atoms with E-state index in [0.29, 0.717) is 6.54 Å².